The Kier molecular flexibility index (Phi) is 11.1. The molecule has 5 heteroatoms. The minimum Gasteiger partial charge on any atom is -0.396 e. The molecular formula is C18H38N4O. The van der Waals surface area contributed by atoms with Crippen LogP contribution in [0.1, 0.15) is 52.9 Å². The lowest BCUT2D eigenvalue weighted by Gasteiger charge is -2.30. The molecule has 0 aromatic heterocycles. The van der Waals surface area contributed by atoms with Crippen molar-refractivity contribution in [3.05, 3.63) is 0 Å². The Labute approximate surface area is 142 Å². The molecular weight excluding hydrogens is 288 g/mol. The summed E-state index contributed by atoms with van der Waals surface area (Å²) in [5, 5.41) is 15.9. The molecule has 0 aliphatic carbocycles. The largest absolute Gasteiger partial charge is 0.396 e. The number of likely N-dealkylation sites (tertiary alicyclic amines) is 1. The average molecular weight is 327 g/mol. The second-order valence-electron chi connectivity index (χ2n) is 6.84. The van der Waals surface area contributed by atoms with Crippen LogP contribution >= 0.6 is 0 Å². The van der Waals surface area contributed by atoms with Crippen molar-refractivity contribution in [3.8, 4) is 0 Å². The lowest BCUT2D eigenvalue weighted by molar-refractivity contribution is 0.195. The van der Waals surface area contributed by atoms with Crippen LogP contribution < -0.4 is 10.6 Å². The van der Waals surface area contributed by atoms with Crippen LogP contribution in [0.15, 0.2) is 4.99 Å². The van der Waals surface area contributed by atoms with Gasteiger partial charge in [0.15, 0.2) is 5.96 Å². The number of aliphatic imine (C=N–C) groups is 1. The summed E-state index contributed by atoms with van der Waals surface area (Å²) in [5.74, 6) is 2.29. The van der Waals surface area contributed by atoms with Crippen molar-refractivity contribution in [2.24, 2.45) is 16.8 Å². The van der Waals surface area contributed by atoms with Crippen LogP contribution in [0.4, 0.5) is 0 Å². The van der Waals surface area contributed by atoms with Crippen molar-refractivity contribution < 1.29 is 5.11 Å². The number of guanidine groups is 1. The predicted molar refractivity (Wildman–Crippen MR) is 98.9 cm³/mol. The molecule has 1 heterocycles. The van der Waals surface area contributed by atoms with Crippen LogP contribution in [0, 0.1) is 11.8 Å². The van der Waals surface area contributed by atoms with Crippen molar-refractivity contribution in [1.82, 2.24) is 15.5 Å². The summed E-state index contributed by atoms with van der Waals surface area (Å²) in [6.45, 7) is 13.1. The van der Waals surface area contributed by atoms with E-state index in [0.29, 0.717) is 5.92 Å². The zero-order valence-electron chi connectivity index (χ0n) is 15.5. The fraction of sp³-hybridized carbons (Fsp3) is 0.944. The number of hydrogen-bond acceptors (Lipinski definition) is 3. The van der Waals surface area contributed by atoms with Crippen molar-refractivity contribution >= 4 is 5.96 Å². The number of aliphatic hydroxyl groups is 1. The molecule has 1 atom stereocenters. The van der Waals surface area contributed by atoms with E-state index in [9.17, 15) is 0 Å². The maximum atomic E-state index is 9.15. The smallest absolute Gasteiger partial charge is 0.191 e. The normalized spacial score (nSPS) is 18.9. The van der Waals surface area contributed by atoms with Gasteiger partial charge in [-0.2, -0.15) is 0 Å². The molecule has 136 valence electrons. The van der Waals surface area contributed by atoms with Crippen molar-refractivity contribution in [2.75, 3.05) is 45.9 Å². The molecule has 0 spiro atoms. The summed E-state index contributed by atoms with van der Waals surface area (Å²) in [5.41, 5.74) is 0. The molecule has 0 saturated carbocycles. The molecule has 0 bridgehead atoms. The minimum absolute atomic E-state index is 0.261. The minimum atomic E-state index is 0.261. The zero-order valence-corrected chi connectivity index (χ0v) is 15.5. The van der Waals surface area contributed by atoms with Crippen LogP contribution in [0.2, 0.25) is 0 Å². The van der Waals surface area contributed by atoms with Crippen LogP contribution in [0.25, 0.3) is 0 Å². The van der Waals surface area contributed by atoms with Gasteiger partial charge in [-0.15, -0.1) is 0 Å². The van der Waals surface area contributed by atoms with Gasteiger partial charge in [0, 0.05) is 32.8 Å². The summed E-state index contributed by atoms with van der Waals surface area (Å²) in [4.78, 5) is 7.25. The highest BCUT2D eigenvalue weighted by molar-refractivity contribution is 5.79. The van der Waals surface area contributed by atoms with E-state index < -0.39 is 0 Å². The Bertz CT molecular complexity index is 308. The zero-order chi connectivity index (χ0) is 16.9. The standard InChI is InChI=1S/C18H38N4O/c1-4-6-17(9-14-23)15-21-18(19-5-2)20-10-13-22-11-7-16(3)8-12-22/h16-17,23H,4-15H2,1-3H3,(H2,19,20,21). The summed E-state index contributed by atoms with van der Waals surface area (Å²) >= 11 is 0. The maximum Gasteiger partial charge on any atom is 0.191 e. The van der Waals surface area contributed by atoms with E-state index in [-0.39, 0.29) is 6.61 Å². The summed E-state index contributed by atoms with van der Waals surface area (Å²) in [6, 6.07) is 0. The van der Waals surface area contributed by atoms with E-state index in [1.165, 1.54) is 25.9 Å². The monoisotopic (exact) mass is 326 g/mol. The second kappa shape index (κ2) is 12.6. The average Bonchev–Trinajstić information content (AvgIpc) is 2.54. The lowest BCUT2D eigenvalue weighted by atomic mass is 9.99. The first-order chi connectivity index (χ1) is 11.2. The van der Waals surface area contributed by atoms with Gasteiger partial charge >= 0.3 is 0 Å². The van der Waals surface area contributed by atoms with E-state index >= 15 is 0 Å². The van der Waals surface area contributed by atoms with Crippen LogP contribution in [0.3, 0.4) is 0 Å². The molecule has 1 aliphatic heterocycles. The fourth-order valence-corrected chi connectivity index (χ4v) is 3.10. The Balaban J connectivity index is 2.33. The molecule has 1 fully saturated rings. The number of piperidine rings is 1. The first-order valence-corrected chi connectivity index (χ1v) is 9.54. The quantitative estimate of drug-likeness (QED) is 0.425. The highest BCUT2D eigenvalue weighted by atomic mass is 16.3. The molecule has 1 unspecified atom stereocenters. The summed E-state index contributed by atoms with van der Waals surface area (Å²) in [7, 11) is 0. The Hall–Kier alpha value is -0.810. The van der Waals surface area contributed by atoms with Crippen molar-refractivity contribution in [2.45, 2.75) is 52.9 Å². The van der Waals surface area contributed by atoms with E-state index in [1.54, 1.807) is 0 Å². The van der Waals surface area contributed by atoms with E-state index in [4.69, 9.17) is 10.1 Å². The third-order valence-electron chi connectivity index (χ3n) is 4.68. The van der Waals surface area contributed by atoms with Crippen molar-refractivity contribution in [3.63, 3.8) is 0 Å². The molecule has 0 radical (unpaired) electrons. The molecule has 0 aromatic carbocycles. The Morgan fingerprint density at radius 1 is 1.22 bits per heavy atom. The van der Waals surface area contributed by atoms with Gasteiger partial charge in [0.1, 0.15) is 0 Å². The van der Waals surface area contributed by atoms with Gasteiger partial charge < -0.3 is 20.6 Å². The fourth-order valence-electron chi connectivity index (χ4n) is 3.10. The molecule has 1 rings (SSSR count). The van der Waals surface area contributed by atoms with Gasteiger partial charge in [-0.25, -0.2) is 0 Å². The lowest BCUT2D eigenvalue weighted by Crippen LogP contribution is -2.43. The van der Waals surface area contributed by atoms with Gasteiger partial charge in [-0.05, 0) is 57.5 Å². The predicted octanol–water partition coefficient (Wildman–Crippen LogP) is 2.07. The summed E-state index contributed by atoms with van der Waals surface area (Å²) < 4.78 is 0. The molecule has 1 aliphatic rings. The highest BCUT2D eigenvalue weighted by Crippen LogP contribution is 2.15. The number of hydrogen-bond donors (Lipinski definition) is 3. The van der Waals surface area contributed by atoms with Crippen LogP contribution in [0.5, 0.6) is 0 Å². The van der Waals surface area contributed by atoms with Gasteiger partial charge in [0.05, 0.1) is 0 Å². The maximum absolute atomic E-state index is 9.15. The van der Waals surface area contributed by atoms with Crippen molar-refractivity contribution in [1.29, 1.82) is 0 Å². The van der Waals surface area contributed by atoms with E-state index in [0.717, 1.165) is 57.3 Å². The van der Waals surface area contributed by atoms with Gasteiger partial charge in [-0.3, -0.25) is 4.99 Å². The van der Waals surface area contributed by atoms with Gasteiger partial charge in [0.2, 0.25) is 0 Å². The topological polar surface area (TPSA) is 59.9 Å². The first kappa shape index (κ1) is 20.2. The number of nitrogens with one attached hydrogen (secondary N) is 2. The second-order valence-corrected chi connectivity index (χ2v) is 6.84. The van der Waals surface area contributed by atoms with E-state index in [2.05, 4.69) is 36.3 Å². The third kappa shape index (κ3) is 9.16. The summed E-state index contributed by atoms with van der Waals surface area (Å²) in [6.07, 6.45) is 5.79. The molecule has 3 N–H and O–H groups in total. The van der Waals surface area contributed by atoms with Gasteiger partial charge in [-0.1, -0.05) is 20.3 Å². The van der Waals surface area contributed by atoms with Crippen LogP contribution in [-0.4, -0.2) is 61.8 Å². The molecule has 0 aromatic rings. The molecule has 5 nitrogen and oxygen atoms in total. The Morgan fingerprint density at radius 3 is 2.57 bits per heavy atom. The Morgan fingerprint density at radius 2 is 1.96 bits per heavy atom. The third-order valence-corrected chi connectivity index (χ3v) is 4.68. The number of aliphatic hydroxyl groups excluding tert-OH is 1. The SMILES string of the molecule is CCCC(CCO)CN=C(NCC)NCCN1CCC(C)CC1. The molecule has 1 saturated heterocycles. The van der Waals surface area contributed by atoms with E-state index in [1.807, 2.05) is 0 Å². The van der Waals surface area contributed by atoms with Gasteiger partial charge in [0.25, 0.3) is 0 Å². The molecule has 23 heavy (non-hydrogen) atoms. The highest BCUT2D eigenvalue weighted by Gasteiger charge is 2.15. The van der Waals surface area contributed by atoms with Crippen LogP contribution in [-0.2, 0) is 0 Å². The first-order valence-electron chi connectivity index (χ1n) is 9.54. The number of rotatable bonds is 10. The molecule has 0 amide bonds. The number of nitrogens with zero attached hydrogens (tertiary/aromatic N) is 2.